The quantitative estimate of drug-likeness (QED) is 0.564. The lowest BCUT2D eigenvalue weighted by molar-refractivity contribution is 0.210. The summed E-state index contributed by atoms with van der Waals surface area (Å²) in [4.78, 5) is 13.0. The number of methoxy groups -OCH3 is 1. The Hall–Kier alpha value is -3.00. The van der Waals surface area contributed by atoms with Crippen molar-refractivity contribution in [2.24, 2.45) is 0 Å². The zero-order valence-electron chi connectivity index (χ0n) is 13.5. The van der Waals surface area contributed by atoms with Gasteiger partial charge in [-0.3, -0.25) is 4.40 Å². The molecule has 0 saturated carbocycles. The van der Waals surface area contributed by atoms with Crippen LogP contribution in [-0.2, 0) is 4.74 Å². The van der Waals surface area contributed by atoms with Gasteiger partial charge in [-0.2, -0.15) is 0 Å². The highest BCUT2D eigenvalue weighted by Crippen LogP contribution is 2.25. The molecule has 0 aromatic carbocycles. The Labute approximate surface area is 138 Å². The van der Waals surface area contributed by atoms with Crippen LogP contribution in [0.2, 0.25) is 0 Å². The molecule has 24 heavy (non-hydrogen) atoms. The molecule has 122 valence electrons. The number of nitrogens with one attached hydrogen (secondary N) is 1. The Kier molecular flexibility index (Phi) is 3.58. The molecule has 8 heteroatoms. The van der Waals surface area contributed by atoms with Crippen molar-refractivity contribution >= 4 is 17.2 Å². The second-order valence-corrected chi connectivity index (χ2v) is 5.47. The second kappa shape index (κ2) is 5.89. The van der Waals surface area contributed by atoms with Gasteiger partial charge >= 0.3 is 0 Å². The molecule has 0 amide bonds. The number of hydrogen-bond donors (Lipinski definition) is 1. The third-order valence-corrected chi connectivity index (χ3v) is 3.87. The first-order chi connectivity index (χ1) is 11.8. The normalized spacial score (nSPS) is 11.4. The van der Waals surface area contributed by atoms with E-state index in [-0.39, 0.29) is 0 Å². The van der Waals surface area contributed by atoms with E-state index in [1.165, 1.54) is 0 Å². The Morgan fingerprint density at radius 3 is 2.92 bits per heavy atom. The van der Waals surface area contributed by atoms with Crippen LogP contribution in [0.4, 0.5) is 5.95 Å². The predicted octanol–water partition coefficient (Wildman–Crippen LogP) is 1.81. The number of aromatic nitrogens is 6. The van der Waals surface area contributed by atoms with Crippen molar-refractivity contribution < 1.29 is 4.74 Å². The topological polar surface area (TPSA) is 81.6 Å². The van der Waals surface area contributed by atoms with Crippen LogP contribution in [0, 0.1) is 6.92 Å². The van der Waals surface area contributed by atoms with Gasteiger partial charge in [0, 0.05) is 49.1 Å². The van der Waals surface area contributed by atoms with Gasteiger partial charge in [0.25, 0.3) is 0 Å². The lowest BCUT2D eigenvalue weighted by Gasteiger charge is -2.05. The largest absolute Gasteiger partial charge is 0.383 e. The standard InChI is InChI=1S/C16H17N7O/c1-11-7-19-16-20-8-12(10-22(11)16)13-3-5-23-14(13)9-18-15(21-23)17-4-6-24-2/h3,5,7-10H,4,6H2,1-2H3,(H,17,21). The summed E-state index contributed by atoms with van der Waals surface area (Å²) in [6.45, 7) is 3.27. The summed E-state index contributed by atoms with van der Waals surface area (Å²) in [5.74, 6) is 1.27. The average Bonchev–Trinajstić information content (AvgIpc) is 3.18. The summed E-state index contributed by atoms with van der Waals surface area (Å²) < 4.78 is 8.79. The van der Waals surface area contributed by atoms with E-state index in [0.717, 1.165) is 22.3 Å². The molecule has 4 aromatic heterocycles. The molecule has 0 bridgehead atoms. The van der Waals surface area contributed by atoms with E-state index in [2.05, 4.69) is 25.4 Å². The maximum Gasteiger partial charge on any atom is 0.241 e. The van der Waals surface area contributed by atoms with E-state index in [1.807, 2.05) is 52.9 Å². The number of fused-ring (bicyclic) bond motifs is 2. The van der Waals surface area contributed by atoms with Crippen molar-refractivity contribution in [1.82, 2.24) is 29.0 Å². The molecule has 0 radical (unpaired) electrons. The van der Waals surface area contributed by atoms with Crippen molar-refractivity contribution in [2.75, 3.05) is 25.6 Å². The first-order valence-corrected chi connectivity index (χ1v) is 7.63. The van der Waals surface area contributed by atoms with Crippen molar-refractivity contribution in [3.63, 3.8) is 0 Å². The van der Waals surface area contributed by atoms with Crippen molar-refractivity contribution in [1.29, 1.82) is 0 Å². The summed E-state index contributed by atoms with van der Waals surface area (Å²) in [6, 6.07) is 2.01. The molecular formula is C16H17N7O. The van der Waals surface area contributed by atoms with Crippen LogP contribution >= 0.6 is 0 Å². The molecule has 4 rings (SSSR count). The van der Waals surface area contributed by atoms with E-state index >= 15 is 0 Å². The van der Waals surface area contributed by atoms with Gasteiger partial charge in [0.2, 0.25) is 11.7 Å². The summed E-state index contributed by atoms with van der Waals surface area (Å²) in [5, 5.41) is 7.58. The molecule has 0 aliphatic rings. The molecule has 0 aliphatic carbocycles. The number of anilines is 1. The van der Waals surface area contributed by atoms with Crippen molar-refractivity contribution in [3.05, 3.63) is 42.7 Å². The molecule has 0 atom stereocenters. The highest BCUT2D eigenvalue weighted by Gasteiger charge is 2.10. The van der Waals surface area contributed by atoms with Crippen LogP contribution in [0.1, 0.15) is 5.69 Å². The predicted molar refractivity (Wildman–Crippen MR) is 90.1 cm³/mol. The third kappa shape index (κ3) is 2.46. The zero-order valence-corrected chi connectivity index (χ0v) is 13.5. The lowest BCUT2D eigenvalue weighted by atomic mass is 10.1. The highest BCUT2D eigenvalue weighted by atomic mass is 16.5. The molecule has 1 N–H and O–H groups in total. The van der Waals surface area contributed by atoms with Crippen molar-refractivity contribution in [3.8, 4) is 11.1 Å². The zero-order chi connectivity index (χ0) is 16.5. The van der Waals surface area contributed by atoms with E-state index in [1.54, 1.807) is 7.11 Å². The van der Waals surface area contributed by atoms with Gasteiger partial charge in [-0.25, -0.2) is 19.5 Å². The number of aryl methyl sites for hydroxylation is 1. The van der Waals surface area contributed by atoms with Gasteiger partial charge in [-0.1, -0.05) is 0 Å². The first kappa shape index (κ1) is 14.6. The molecule has 0 spiro atoms. The maximum atomic E-state index is 5.01. The number of ether oxygens (including phenoxy) is 1. The van der Waals surface area contributed by atoms with Crippen LogP contribution in [0.5, 0.6) is 0 Å². The Morgan fingerprint density at radius 1 is 1.17 bits per heavy atom. The summed E-state index contributed by atoms with van der Waals surface area (Å²) in [7, 11) is 1.66. The molecule has 0 aliphatic heterocycles. The summed E-state index contributed by atoms with van der Waals surface area (Å²) in [5.41, 5.74) is 3.99. The minimum absolute atomic E-state index is 0.570. The fourth-order valence-electron chi connectivity index (χ4n) is 2.62. The fourth-order valence-corrected chi connectivity index (χ4v) is 2.62. The van der Waals surface area contributed by atoms with E-state index in [0.29, 0.717) is 24.9 Å². The van der Waals surface area contributed by atoms with Gasteiger partial charge in [0.15, 0.2) is 0 Å². The molecular weight excluding hydrogens is 306 g/mol. The van der Waals surface area contributed by atoms with Gasteiger partial charge < -0.3 is 10.1 Å². The van der Waals surface area contributed by atoms with Crippen LogP contribution < -0.4 is 5.32 Å². The fraction of sp³-hybridized carbons (Fsp3) is 0.250. The Balaban J connectivity index is 1.72. The molecule has 0 fully saturated rings. The molecule has 8 nitrogen and oxygen atoms in total. The van der Waals surface area contributed by atoms with Crippen molar-refractivity contribution in [2.45, 2.75) is 6.92 Å². The van der Waals surface area contributed by atoms with Gasteiger partial charge in [0.05, 0.1) is 24.5 Å². The molecule has 4 aromatic rings. The molecule has 4 heterocycles. The van der Waals surface area contributed by atoms with Crippen LogP contribution in [0.15, 0.2) is 37.1 Å². The lowest BCUT2D eigenvalue weighted by Crippen LogP contribution is -2.11. The highest BCUT2D eigenvalue weighted by molar-refractivity contribution is 5.79. The smallest absolute Gasteiger partial charge is 0.241 e. The summed E-state index contributed by atoms with van der Waals surface area (Å²) >= 11 is 0. The molecule has 0 saturated heterocycles. The number of rotatable bonds is 5. The third-order valence-electron chi connectivity index (χ3n) is 3.87. The van der Waals surface area contributed by atoms with Crippen LogP contribution in [0.3, 0.4) is 0 Å². The number of hydrogen-bond acceptors (Lipinski definition) is 6. The minimum atomic E-state index is 0.570. The summed E-state index contributed by atoms with van der Waals surface area (Å²) in [6.07, 6.45) is 9.39. The second-order valence-electron chi connectivity index (χ2n) is 5.47. The molecule has 0 unspecified atom stereocenters. The van der Waals surface area contributed by atoms with Gasteiger partial charge in [-0.15, -0.1) is 5.10 Å². The van der Waals surface area contributed by atoms with Gasteiger partial charge in [0.1, 0.15) is 0 Å². The first-order valence-electron chi connectivity index (χ1n) is 7.63. The van der Waals surface area contributed by atoms with E-state index in [9.17, 15) is 0 Å². The Morgan fingerprint density at radius 2 is 2.04 bits per heavy atom. The van der Waals surface area contributed by atoms with Gasteiger partial charge in [-0.05, 0) is 13.0 Å². The Bertz CT molecular complexity index is 1000. The van der Waals surface area contributed by atoms with Crippen LogP contribution in [-0.4, -0.2) is 49.2 Å². The van der Waals surface area contributed by atoms with E-state index in [4.69, 9.17) is 4.74 Å². The van der Waals surface area contributed by atoms with Crippen LogP contribution in [0.25, 0.3) is 22.4 Å². The van der Waals surface area contributed by atoms with E-state index < -0.39 is 0 Å². The maximum absolute atomic E-state index is 5.01. The monoisotopic (exact) mass is 323 g/mol. The number of imidazole rings is 1. The number of nitrogens with zero attached hydrogens (tertiary/aromatic N) is 6. The minimum Gasteiger partial charge on any atom is -0.383 e. The average molecular weight is 323 g/mol. The SMILES string of the molecule is COCCNc1ncc2c(-c3cnc4ncc(C)n4c3)ccn2n1.